The molecule has 1 N–H and O–H groups in total. The molecule has 27 heavy (non-hydrogen) atoms. The van der Waals surface area contributed by atoms with Crippen LogP contribution in [0.3, 0.4) is 0 Å². The second-order valence-corrected chi connectivity index (χ2v) is 9.97. The van der Waals surface area contributed by atoms with Crippen LogP contribution in [0.2, 0.25) is 5.02 Å². The number of hydrogen-bond donors (Lipinski definition) is 1. The van der Waals surface area contributed by atoms with E-state index < -0.39 is 9.84 Å². The molecule has 2 aromatic heterocycles. The molecule has 0 bridgehead atoms. The maximum Gasteiger partial charge on any atom is 0.276 e. The summed E-state index contributed by atoms with van der Waals surface area (Å²) in [5, 5.41) is 9.68. The van der Waals surface area contributed by atoms with Gasteiger partial charge in [-0.2, -0.15) is 5.10 Å². The van der Waals surface area contributed by atoms with Gasteiger partial charge in [-0.1, -0.05) is 23.7 Å². The number of amides is 1. The summed E-state index contributed by atoms with van der Waals surface area (Å²) in [4.78, 5) is 13.6. The highest BCUT2D eigenvalue weighted by Gasteiger charge is 2.32. The number of aromatic nitrogens is 2. The van der Waals surface area contributed by atoms with Crippen molar-refractivity contribution >= 4 is 44.4 Å². The van der Waals surface area contributed by atoms with E-state index in [1.54, 1.807) is 35.0 Å². The van der Waals surface area contributed by atoms with E-state index in [4.69, 9.17) is 11.6 Å². The molecule has 140 valence electrons. The zero-order chi connectivity index (χ0) is 19.0. The highest BCUT2D eigenvalue weighted by atomic mass is 35.5. The molecule has 0 aliphatic carbocycles. The average molecular weight is 422 g/mol. The summed E-state index contributed by atoms with van der Waals surface area (Å²) in [6, 6.07) is 12.1. The van der Waals surface area contributed by atoms with E-state index in [0.29, 0.717) is 17.1 Å². The van der Waals surface area contributed by atoms with Crippen LogP contribution in [0.1, 0.15) is 23.0 Å². The number of rotatable bonds is 4. The number of benzene rings is 1. The van der Waals surface area contributed by atoms with E-state index in [2.05, 4.69) is 10.4 Å². The summed E-state index contributed by atoms with van der Waals surface area (Å²) >= 11 is 7.48. The van der Waals surface area contributed by atoms with E-state index >= 15 is 0 Å². The molecule has 0 radical (unpaired) electrons. The second kappa shape index (κ2) is 7.10. The van der Waals surface area contributed by atoms with Gasteiger partial charge in [0.2, 0.25) is 0 Å². The second-order valence-electron chi connectivity index (χ2n) is 6.36. The lowest BCUT2D eigenvalue weighted by atomic mass is 10.2. The Morgan fingerprint density at radius 3 is 2.78 bits per heavy atom. The summed E-state index contributed by atoms with van der Waals surface area (Å²) in [5.41, 5.74) is 1.56. The van der Waals surface area contributed by atoms with Gasteiger partial charge in [-0.3, -0.25) is 9.48 Å². The number of thiophene rings is 1. The van der Waals surface area contributed by atoms with E-state index in [-0.39, 0.29) is 29.1 Å². The Hall–Kier alpha value is -2.16. The van der Waals surface area contributed by atoms with Crippen molar-refractivity contribution in [3.05, 3.63) is 58.6 Å². The molecule has 3 heterocycles. The van der Waals surface area contributed by atoms with Crippen LogP contribution in [0, 0.1) is 0 Å². The lowest BCUT2D eigenvalue weighted by molar-refractivity contribution is 0.102. The first-order valence-electron chi connectivity index (χ1n) is 8.32. The molecule has 9 heteroatoms. The molecule has 1 amide bonds. The Labute approximate surface area is 165 Å². The zero-order valence-corrected chi connectivity index (χ0v) is 16.5. The normalized spacial score (nSPS) is 18.5. The Morgan fingerprint density at radius 2 is 2.11 bits per heavy atom. The molecule has 6 nitrogen and oxygen atoms in total. The van der Waals surface area contributed by atoms with Gasteiger partial charge >= 0.3 is 0 Å². The molecule has 1 saturated heterocycles. The molecule has 0 saturated carbocycles. The topological polar surface area (TPSA) is 81.1 Å². The molecule has 1 aliphatic heterocycles. The molecule has 1 aromatic carbocycles. The minimum absolute atomic E-state index is 0.0441. The maximum absolute atomic E-state index is 12.7. The first-order valence-corrected chi connectivity index (χ1v) is 11.4. The Morgan fingerprint density at radius 1 is 1.26 bits per heavy atom. The monoisotopic (exact) mass is 421 g/mol. The van der Waals surface area contributed by atoms with Gasteiger partial charge in [0, 0.05) is 10.7 Å². The summed E-state index contributed by atoms with van der Waals surface area (Å²) in [6.45, 7) is 0. The van der Waals surface area contributed by atoms with Crippen molar-refractivity contribution in [1.82, 2.24) is 9.78 Å². The minimum atomic E-state index is -3.07. The van der Waals surface area contributed by atoms with Crippen LogP contribution in [0.4, 0.5) is 5.69 Å². The number of carbonyl (C=O) groups is 1. The van der Waals surface area contributed by atoms with Crippen LogP contribution >= 0.6 is 22.9 Å². The molecular weight excluding hydrogens is 406 g/mol. The minimum Gasteiger partial charge on any atom is -0.321 e. The third kappa shape index (κ3) is 3.92. The number of anilines is 1. The molecule has 3 aromatic rings. The number of carbonyl (C=O) groups excluding carboxylic acids is 1. The fourth-order valence-corrected chi connectivity index (χ4v) is 5.74. The molecular formula is C18H16ClN3O3S2. The van der Waals surface area contributed by atoms with Crippen molar-refractivity contribution in [1.29, 1.82) is 0 Å². The Kier molecular flexibility index (Phi) is 4.79. The van der Waals surface area contributed by atoms with Crippen LogP contribution in [-0.4, -0.2) is 35.6 Å². The van der Waals surface area contributed by atoms with Crippen molar-refractivity contribution in [2.24, 2.45) is 0 Å². The quantitative estimate of drug-likeness (QED) is 0.693. The van der Waals surface area contributed by atoms with Gasteiger partial charge in [0.1, 0.15) is 0 Å². The van der Waals surface area contributed by atoms with E-state index in [1.807, 2.05) is 17.5 Å². The first kappa shape index (κ1) is 18.2. The Balaban J connectivity index is 1.68. The summed E-state index contributed by atoms with van der Waals surface area (Å²) in [7, 11) is -3.07. The number of nitrogens with one attached hydrogen (secondary N) is 1. The molecule has 4 rings (SSSR count). The van der Waals surface area contributed by atoms with Crippen LogP contribution in [0.5, 0.6) is 0 Å². The number of nitrogens with zero attached hydrogens (tertiary/aromatic N) is 2. The third-order valence-corrected chi connectivity index (χ3v) is 7.26. The highest BCUT2D eigenvalue weighted by molar-refractivity contribution is 7.91. The van der Waals surface area contributed by atoms with Gasteiger partial charge in [-0.05, 0) is 42.1 Å². The number of sulfone groups is 1. The summed E-state index contributed by atoms with van der Waals surface area (Å²) in [6.07, 6.45) is 0.498. The smallest absolute Gasteiger partial charge is 0.276 e. The molecule has 1 unspecified atom stereocenters. The van der Waals surface area contributed by atoms with Gasteiger partial charge in [-0.25, -0.2) is 8.42 Å². The lowest BCUT2D eigenvalue weighted by Gasteiger charge is -2.12. The predicted octanol–water partition coefficient (Wildman–Crippen LogP) is 3.88. The average Bonchev–Trinajstić information content (AvgIpc) is 3.32. The Bertz CT molecular complexity index is 1090. The molecule has 0 spiro atoms. The van der Waals surface area contributed by atoms with Crippen molar-refractivity contribution in [2.45, 2.75) is 12.5 Å². The first-order chi connectivity index (χ1) is 12.9. The van der Waals surface area contributed by atoms with Crippen molar-refractivity contribution < 1.29 is 13.2 Å². The van der Waals surface area contributed by atoms with E-state index in [0.717, 1.165) is 10.6 Å². The molecule has 1 fully saturated rings. The highest BCUT2D eigenvalue weighted by Crippen LogP contribution is 2.32. The van der Waals surface area contributed by atoms with Gasteiger partial charge in [-0.15, -0.1) is 11.3 Å². The van der Waals surface area contributed by atoms with Crippen molar-refractivity contribution in [3.8, 4) is 10.6 Å². The van der Waals surface area contributed by atoms with Crippen LogP contribution in [-0.2, 0) is 9.84 Å². The standard InChI is InChI=1S/C18H16ClN3O3S2/c19-12-3-1-4-13(9-12)20-18(23)15-10-16(17-5-2-7-26-17)22(21-15)14-6-8-27(24,25)11-14/h1-5,7,9-10,14H,6,8,11H2,(H,20,23). The van der Waals surface area contributed by atoms with Gasteiger partial charge in [0.25, 0.3) is 5.91 Å². The largest absolute Gasteiger partial charge is 0.321 e. The zero-order valence-electron chi connectivity index (χ0n) is 14.1. The predicted molar refractivity (Wildman–Crippen MR) is 107 cm³/mol. The van der Waals surface area contributed by atoms with Crippen molar-refractivity contribution in [3.63, 3.8) is 0 Å². The van der Waals surface area contributed by atoms with Crippen LogP contribution < -0.4 is 5.32 Å². The van der Waals surface area contributed by atoms with Gasteiger partial charge in [0.15, 0.2) is 15.5 Å². The fraction of sp³-hybridized carbons (Fsp3) is 0.222. The van der Waals surface area contributed by atoms with Gasteiger partial charge < -0.3 is 5.32 Å². The lowest BCUT2D eigenvalue weighted by Crippen LogP contribution is -2.16. The van der Waals surface area contributed by atoms with E-state index in [1.165, 1.54) is 11.3 Å². The maximum atomic E-state index is 12.7. The van der Waals surface area contributed by atoms with Gasteiger partial charge in [0.05, 0.1) is 28.1 Å². The van der Waals surface area contributed by atoms with Crippen molar-refractivity contribution in [2.75, 3.05) is 16.8 Å². The summed E-state index contributed by atoms with van der Waals surface area (Å²) < 4.78 is 25.5. The molecule has 1 aliphatic rings. The number of halogens is 1. The van der Waals surface area contributed by atoms with Crippen LogP contribution in [0.25, 0.3) is 10.6 Å². The number of hydrogen-bond acceptors (Lipinski definition) is 5. The summed E-state index contributed by atoms with van der Waals surface area (Å²) in [5.74, 6) is -0.178. The third-order valence-electron chi connectivity index (χ3n) is 4.38. The SMILES string of the molecule is O=C(Nc1cccc(Cl)c1)c1cc(-c2cccs2)n(C2CCS(=O)(=O)C2)n1. The molecule has 1 atom stereocenters. The fourth-order valence-electron chi connectivity index (χ4n) is 3.12. The van der Waals surface area contributed by atoms with E-state index in [9.17, 15) is 13.2 Å². The van der Waals surface area contributed by atoms with Crippen LogP contribution in [0.15, 0.2) is 47.8 Å².